The summed E-state index contributed by atoms with van der Waals surface area (Å²) in [4.78, 5) is 11.9. The van der Waals surface area contributed by atoms with E-state index in [0.29, 0.717) is 21.4 Å². The van der Waals surface area contributed by atoms with Crippen LogP contribution in [0.15, 0.2) is 41.5 Å². The maximum Gasteiger partial charge on any atom is 0.275 e. The van der Waals surface area contributed by atoms with Crippen LogP contribution in [0.5, 0.6) is 11.5 Å². The molecule has 0 saturated heterocycles. The Labute approximate surface area is 137 Å². The van der Waals surface area contributed by atoms with Crippen LogP contribution in [0.3, 0.4) is 0 Å². The smallest absolute Gasteiger partial charge is 0.275 e. The van der Waals surface area contributed by atoms with Crippen molar-refractivity contribution in [2.45, 2.75) is 0 Å². The van der Waals surface area contributed by atoms with Crippen LogP contribution in [-0.2, 0) is 0 Å². The Bertz CT molecular complexity index is 733. The molecule has 0 spiro atoms. The number of phenolic OH excluding ortho intramolecular Hbond substituents is 1. The number of methoxy groups -OCH3 is 1. The third-order valence-electron chi connectivity index (χ3n) is 2.76. The molecule has 22 heavy (non-hydrogen) atoms. The van der Waals surface area contributed by atoms with E-state index in [1.165, 1.54) is 25.5 Å². The minimum absolute atomic E-state index is 0.121. The van der Waals surface area contributed by atoms with Crippen molar-refractivity contribution in [3.05, 3.63) is 57.6 Å². The Morgan fingerprint density at radius 2 is 2.05 bits per heavy atom. The van der Waals surface area contributed by atoms with Crippen LogP contribution in [0.1, 0.15) is 15.9 Å². The average molecular weight is 339 g/mol. The molecule has 0 saturated carbocycles. The van der Waals surface area contributed by atoms with E-state index in [0.717, 1.165) is 0 Å². The van der Waals surface area contributed by atoms with Gasteiger partial charge in [-0.25, -0.2) is 5.43 Å². The number of hydrazone groups is 1. The highest BCUT2D eigenvalue weighted by Gasteiger charge is 2.10. The summed E-state index contributed by atoms with van der Waals surface area (Å²) in [5, 5.41) is 14.2. The van der Waals surface area contributed by atoms with E-state index in [4.69, 9.17) is 27.9 Å². The molecule has 2 N–H and O–H groups in total. The van der Waals surface area contributed by atoms with Crippen molar-refractivity contribution in [3.63, 3.8) is 0 Å². The van der Waals surface area contributed by atoms with E-state index in [9.17, 15) is 9.90 Å². The molecule has 0 aliphatic carbocycles. The fourth-order valence-corrected chi connectivity index (χ4v) is 2.36. The summed E-state index contributed by atoms with van der Waals surface area (Å²) in [7, 11) is 1.47. The van der Waals surface area contributed by atoms with E-state index in [1.807, 2.05) is 0 Å². The number of amides is 1. The van der Waals surface area contributed by atoms with Crippen LogP contribution in [0.25, 0.3) is 0 Å². The van der Waals surface area contributed by atoms with E-state index in [-0.39, 0.29) is 11.3 Å². The van der Waals surface area contributed by atoms with Crippen molar-refractivity contribution >= 4 is 35.3 Å². The predicted octanol–water partition coefficient (Wildman–Crippen LogP) is 3.47. The van der Waals surface area contributed by atoms with Crippen LogP contribution >= 0.6 is 23.2 Å². The van der Waals surface area contributed by atoms with E-state index in [2.05, 4.69) is 10.5 Å². The van der Waals surface area contributed by atoms with Crippen LogP contribution in [0.4, 0.5) is 0 Å². The molecule has 0 atom stereocenters. The summed E-state index contributed by atoms with van der Waals surface area (Å²) >= 11 is 11.9. The maximum atomic E-state index is 11.9. The number of nitrogens with zero attached hydrogens (tertiary/aromatic N) is 1. The fourth-order valence-electron chi connectivity index (χ4n) is 1.78. The topological polar surface area (TPSA) is 70.9 Å². The minimum atomic E-state index is -0.540. The lowest BCUT2D eigenvalue weighted by atomic mass is 10.2. The van der Waals surface area contributed by atoms with Crippen molar-refractivity contribution in [1.29, 1.82) is 0 Å². The monoisotopic (exact) mass is 338 g/mol. The number of hydrogen-bond acceptors (Lipinski definition) is 4. The molecule has 2 rings (SSSR count). The van der Waals surface area contributed by atoms with Gasteiger partial charge in [-0.3, -0.25) is 4.79 Å². The first-order valence-electron chi connectivity index (χ1n) is 6.17. The van der Waals surface area contributed by atoms with Crippen molar-refractivity contribution < 1.29 is 14.6 Å². The van der Waals surface area contributed by atoms with Crippen molar-refractivity contribution in [2.24, 2.45) is 5.10 Å². The van der Waals surface area contributed by atoms with Crippen LogP contribution in [0.2, 0.25) is 10.0 Å². The highest BCUT2D eigenvalue weighted by atomic mass is 35.5. The molecule has 0 unspecified atom stereocenters. The Hall–Kier alpha value is -2.24. The molecule has 0 aliphatic heterocycles. The van der Waals surface area contributed by atoms with Crippen LogP contribution in [0, 0.1) is 0 Å². The number of ether oxygens (including phenoxy) is 1. The molecule has 1 amide bonds. The second-order valence-electron chi connectivity index (χ2n) is 4.23. The molecule has 5 nitrogen and oxygen atoms in total. The predicted molar refractivity (Wildman–Crippen MR) is 86.2 cm³/mol. The standard InChI is InChI=1S/C15H12Cl2N2O3/c1-22-14-9(6-10(16)7-12(14)17)8-18-19-15(21)11-4-2-3-5-13(11)20/h2-8,20H,1H3,(H,19,21)/b18-8+. The van der Waals surface area contributed by atoms with E-state index >= 15 is 0 Å². The number of halogens is 2. The van der Waals surface area contributed by atoms with Crippen molar-refractivity contribution in [1.82, 2.24) is 5.43 Å². The Kier molecular flexibility index (Phi) is 5.25. The first-order chi connectivity index (χ1) is 10.5. The highest BCUT2D eigenvalue weighted by molar-refractivity contribution is 6.36. The Balaban J connectivity index is 2.17. The minimum Gasteiger partial charge on any atom is -0.507 e. The summed E-state index contributed by atoms with van der Waals surface area (Å²) < 4.78 is 5.16. The molecular weight excluding hydrogens is 327 g/mol. The first kappa shape index (κ1) is 16.1. The number of hydrogen-bond donors (Lipinski definition) is 2. The molecule has 0 radical (unpaired) electrons. The number of benzene rings is 2. The number of carbonyl (C=O) groups excluding carboxylic acids is 1. The lowest BCUT2D eigenvalue weighted by molar-refractivity contribution is 0.0952. The summed E-state index contributed by atoms with van der Waals surface area (Å²) in [6, 6.07) is 9.30. The zero-order valence-corrected chi connectivity index (χ0v) is 13.0. The Morgan fingerprint density at radius 1 is 1.32 bits per heavy atom. The second-order valence-corrected chi connectivity index (χ2v) is 5.07. The van der Waals surface area contributed by atoms with Crippen molar-refractivity contribution in [2.75, 3.05) is 7.11 Å². The van der Waals surface area contributed by atoms with Gasteiger partial charge < -0.3 is 9.84 Å². The van der Waals surface area contributed by atoms with Gasteiger partial charge in [0.15, 0.2) is 0 Å². The summed E-state index contributed by atoms with van der Waals surface area (Å²) in [6.45, 7) is 0. The van der Waals surface area contributed by atoms with Gasteiger partial charge in [0, 0.05) is 10.6 Å². The zero-order valence-electron chi connectivity index (χ0n) is 11.5. The largest absolute Gasteiger partial charge is 0.507 e. The number of carbonyl (C=O) groups is 1. The number of nitrogens with one attached hydrogen (secondary N) is 1. The van der Waals surface area contributed by atoms with Gasteiger partial charge in [0.2, 0.25) is 0 Å². The SMILES string of the molecule is COc1c(Cl)cc(Cl)cc1/C=N/NC(=O)c1ccccc1O. The summed E-state index contributed by atoms with van der Waals surface area (Å²) in [5.41, 5.74) is 2.94. The van der Waals surface area contributed by atoms with Gasteiger partial charge in [0.1, 0.15) is 11.5 Å². The second kappa shape index (κ2) is 7.15. The van der Waals surface area contributed by atoms with E-state index in [1.54, 1.807) is 24.3 Å². The molecule has 0 aliphatic rings. The number of aromatic hydroxyl groups is 1. The molecule has 0 aromatic heterocycles. The quantitative estimate of drug-likeness (QED) is 0.662. The normalized spacial score (nSPS) is 10.7. The van der Waals surface area contributed by atoms with Gasteiger partial charge >= 0.3 is 0 Å². The van der Waals surface area contributed by atoms with Gasteiger partial charge in [0.25, 0.3) is 5.91 Å². The average Bonchev–Trinajstić information content (AvgIpc) is 2.47. The number of para-hydroxylation sites is 1. The van der Waals surface area contributed by atoms with Gasteiger partial charge in [-0.15, -0.1) is 0 Å². The third-order valence-corrected chi connectivity index (χ3v) is 3.26. The first-order valence-corrected chi connectivity index (χ1v) is 6.93. The molecule has 0 bridgehead atoms. The van der Waals surface area contributed by atoms with Crippen LogP contribution in [-0.4, -0.2) is 24.3 Å². The third kappa shape index (κ3) is 3.69. The molecule has 114 valence electrons. The Morgan fingerprint density at radius 3 is 2.73 bits per heavy atom. The molecule has 0 fully saturated rings. The number of phenols is 1. The summed E-state index contributed by atoms with van der Waals surface area (Å²) in [6.07, 6.45) is 1.36. The fraction of sp³-hybridized carbons (Fsp3) is 0.0667. The zero-order chi connectivity index (χ0) is 16.1. The maximum absolute atomic E-state index is 11.9. The molecule has 2 aromatic carbocycles. The van der Waals surface area contributed by atoms with Crippen LogP contribution < -0.4 is 10.2 Å². The molecule has 7 heteroatoms. The van der Waals surface area contributed by atoms with Gasteiger partial charge in [-0.1, -0.05) is 35.3 Å². The molecule has 0 heterocycles. The van der Waals surface area contributed by atoms with Gasteiger partial charge in [-0.05, 0) is 24.3 Å². The summed E-state index contributed by atoms with van der Waals surface area (Å²) in [5.74, 6) is -0.272. The van der Waals surface area contributed by atoms with Crippen molar-refractivity contribution in [3.8, 4) is 11.5 Å². The molecule has 2 aromatic rings. The van der Waals surface area contributed by atoms with Gasteiger partial charge in [0.05, 0.1) is 23.9 Å². The highest BCUT2D eigenvalue weighted by Crippen LogP contribution is 2.31. The van der Waals surface area contributed by atoms with E-state index < -0.39 is 5.91 Å². The number of rotatable bonds is 4. The lowest BCUT2D eigenvalue weighted by Crippen LogP contribution is -2.17. The van der Waals surface area contributed by atoms with Gasteiger partial charge in [-0.2, -0.15) is 5.10 Å². The lowest BCUT2D eigenvalue weighted by Gasteiger charge is -2.07. The molecular formula is C15H12Cl2N2O3.